The molecule has 2 atom stereocenters. The summed E-state index contributed by atoms with van der Waals surface area (Å²) < 4.78 is 5.49. The molecule has 0 aromatic rings. The zero-order valence-corrected chi connectivity index (χ0v) is 14.9. The monoisotopic (exact) mass is 299 g/mol. The van der Waals surface area contributed by atoms with Gasteiger partial charge in [-0.3, -0.25) is 4.90 Å². The summed E-state index contributed by atoms with van der Waals surface area (Å²) in [6.45, 7) is 16.0. The van der Waals surface area contributed by atoms with Gasteiger partial charge < -0.3 is 15.4 Å². The van der Waals surface area contributed by atoms with E-state index < -0.39 is 0 Å². The number of ether oxygens (including phenoxy) is 1. The maximum Gasteiger partial charge on any atom is 0.0622 e. The van der Waals surface area contributed by atoms with Crippen molar-refractivity contribution in [2.75, 3.05) is 46.4 Å². The predicted molar refractivity (Wildman–Crippen MR) is 90.9 cm³/mol. The standard InChI is InChI=1S/C17H37N3O/c1-15(7-6-8-17(3,4)21-5)16(2)19-11-14-20-12-9-18-10-13-20/h15-16,18-19H,6-14H2,1-5H3. The van der Waals surface area contributed by atoms with Gasteiger partial charge in [-0.2, -0.15) is 0 Å². The van der Waals surface area contributed by atoms with Crippen LogP contribution in [0.25, 0.3) is 0 Å². The Hall–Kier alpha value is -0.160. The molecule has 0 aromatic heterocycles. The lowest BCUT2D eigenvalue weighted by molar-refractivity contribution is 0.0125. The van der Waals surface area contributed by atoms with E-state index >= 15 is 0 Å². The average molecular weight is 300 g/mol. The fourth-order valence-corrected chi connectivity index (χ4v) is 2.79. The van der Waals surface area contributed by atoms with Crippen LogP contribution in [0.1, 0.15) is 47.0 Å². The zero-order chi connectivity index (χ0) is 15.7. The van der Waals surface area contributed by atoms with Gasteiger partial charge in [0.2, 0.25) is 0 Å². The summed E-state index contributed by atoms with van der Waals surface area (Å²) in [5.41, 5.74) is 0.0265. The molecule has 126 valence electrons. The van der Waals surface area contributed by atoms with Gasteiger partial charge in [0.25, 0.3) is 0 Å². The van der Waals surface area contributed by atoms with Crippen molar-refractivity contribution in [1.82, 2.24) is 15.5 Å². The van der Waals surface area contributed by atoms with Gasteiger partial charge in [0, 0.05) is 52.4 Å². The zero-order valence-electron chi connectivity index (χ0n) is 14.9. The van der Waals surface area contributed by atoms with Gasteiger partial charge in [-0.1, -0.05) is 13.3 Å². The quantitative estimate of drug-likeness (QED) is 0.648. The number of piperazine rings is 1. The average Bonchev–Trinajstić information content (AvgIpc) is 2.48. The molecule has 1 saturated heterocycles. The Morgan fingerprint density at radius 2 is 1.90 bits per heavy atom. The van der Waals surface area contributed by atoms with Gasteiger partial charge in [0.1, 0.15) is 0 Å². The number of hydrogen-bond donors (Lipinski definition) is 2. The Morgan fingerprint density at radius 3 is 2.52 bits per heavy atom. The lowest BCUT2D eigenvalue weighted by Crippen LogP contribution is -2.47. The molecule has 1 rings (SSSR count). The molecule has 0 radical (unpaired) electrons. The highest BCUT2D eigenvalue weighted by atomic mass is 16.5. The first-order valence-electron chi connectivity index (χ1n) is 8.66. The van der Waals surface area contributed by atoms with Gasteiger partial charge in [-0.05, 0) is 39.5 Å². The first-order chi connectivity index (χ1) is 9.94. The molecule has 0 aliphatic carbocycles. The van der Waals surface area contributed by atoms with Gasteiger partial charge >= 0.3 is 0 Å². The number of hydrogen-bond acceptors (Lipinski definition) is 4. The van der Waals surface area contributed by atoms with E-state index in [2.05, 4.69) is 43.2 Å². The van der Waals surface area contributed by atoms with Crippen LogP contribution in [-0.2, 0) is 4.74 Å². The Morgan fingerprint density at radius 1 is 1.24 bits per heavy atom. The Bertz CT molecular complexity index is 265. The van der Waals surface area contributed by atoms with Crippen molar-refractivity contribution in [3.8, 4) is 0 Å². The SMILES string of the molecule is COC(C)(C)CCCC(C)C(C)NCCN1CCNCC1. The fraction of sp³-hybridized carbons (Fsp3) is 1.00. The molecule has 1 fully saturated rings. The second-order valence-corrected chi connectivity index (χ2v) is 7.17. The van der Waals surface area contributed by atoms with Crippen molar-refractivity contribution in [2.24, 2.45) is 5.92 Å². The first-order valence-corrected chi connectivity index (χ1v) is 8.66. The third-order valence-corrected chi connectivity index (χ3v) is 4.95. The van der Waals surface area contributed by atoms with Crippen LogP contribution in [0.3, 0.4) is 0 Å². The molecule has 1 heterocycles. The first kappa shape index (κ1) is 18.9. The van der Waals surface area contributed by atoms with E-state index in [0.29, 0.717) is 6.04 Å². The van der Waals surface area contributed by atoms with Gasteiger partial charge in [0.05, 0.1) is 5.60 Å². The van der Waals surface area contributed by atoms with Crippen molar-refractivity contribution in [1.29, 1.82) is 0 Å². The number of rotatable bonds is 10. The molecule has 0 bridgehead atoms. The van der Waals surface area contributed by atoms with Crippen LogP contribution in [0.5, 0.6) is 0 Å². The third kappa shape index (κ3) is 8.15. The third-order valence-electron chi connectivity index (χ3n) is 4.95. The van der Waals surface area contributed by atoms with Crippen LogP contribution in [-0.4, -0.2) is 62.9 Å². The second kappa shape index (κ2) is 9.78. The summed E-state index contributed by atoms with van der Waals surface area (Å²) in [6.07, 6.45) is 3.65. The molecule has 2 unspecified atom stereocenters. The van der Waals surface area contributed by atoms with Crippen LogP contribution < -0.4 is 10.6 Å². The Balaban J connectivity index is 2.08. The van der Waals surface area contributed by atoms with Gasteiger partial charge in [-0.25, -0.2) is 0 Å². The minimum atomic E-state index is 0.0265. The van der Waals surface area contributed by atoms with E-state index in [1.165, 1.54) is 32.5 Å². The smallest absolute Gasteiger partial charge is 0.0622 e. The van der Waals surface area contributed by atoms with Crippen LogP contribution in [0.2, 0.25) is 0 Å². The van der Waals surface area contributed by atoms with E-state index in [0.717, 1.165) is 32.0 Å². The topological polar surface area (TPSA) is 36.5 Å². The van der Waals surface area contributed by atoms with Crippen molar-refractivity contribution in [3.05, 3.63) is 0 Å². The van der Waals surface area contributed by atoms with Crippen LogP contribution in [0, 0.1) is 5.92 Å². The summed E-state index contributed by atoms with van der Waals surface area (Å²) in [7, 11) is 1.81. The maximum atomic E-state index is 5.49. The largest absolute Gasteiger partial charge is 0.379 e. The highest BCUT2D eigenvalue weighted by Crippen LogP contribution is 2.20. The summed E-state index contributed by atoms with van der Waals surface area (Å²) in [4.78, 5) is 2.54. The summed E-state index contributed by atoms with van der Waals surface area (Å²) in [6, 6.07) is 0.596. The highest BCUT2D eigenvalue weighted by Gasteiger charge is 2.18. The van der Waals surface area contributed by atoms with E-state index in [-0.39, 0.29) is 5.60 Å². The van der Waals surface area contributed by atoms with Crippen LogP contribution in [0.4, 0.5) is 0 Å². The summed E-state index contributed by atoms with van der Waals surface area (Å²) in [5, 5.41) is 7.10. The number of nitrogens with one attached hydrogen (secondary N) is 2. The minimum absolute atomic E-state index is 0.0265. The molecule has 4 nitrogen and oxygen atoms in total. The van der Waals surface area contributed by atoms with E-state index in [4.69, 9.17) is 4.74 Å². The van der Waals surface area contributed by atoms with Crippen molar-refractivity contribution >= 4 is 0 Å². The molecule has 0 spiro atoms. The van der Waals surface area contributed by atoms with Crippen LogP contribution in [0.15, 0.2) is 0 Å². The Labute approximate surface area is 132 Å². The van der Waals surface area contributed by atoms with Crippen molar-refractivity contribution in [3.63, 3.8) is 0 Å². The van der Waals surface area contributed by atoms with Crippen LogP contribution >= 0.6 is 0 Å². The Kier molecular flexibility index (Phi) is 8.79. The highest BCUT2D eigenvalue weighted by molar-refractivity contribution is 4.74. The molecule has 4 heteroatoms. The normalized spacial score (nSPS) is 20.4. The molecule has 0 saturated carbocycles. The second-order valence-electron chi connectivity index (χ2n) is 7.17. The van der Waals surface area contributed by atoms with E-state index in [9.17, 15) is 0 Å². The molecule has 1 aliphatic rings. The lowest BCUT2D eigenvalue weighted by Gasteiger charge is -2.29. The summed E-state index contributed by atoms with van der Waals surface area (Å²) in [5.74, 6) is 0.723. The molecule has 0 aromatic carbocycles. The lowest BCUT2D eigenvalue weighted by atomic mass is 9.93. The fourth-order valence-electron chi connectivity index (χ4n) is 2.79. The van der Waals surface area contributed by atoms with Gasteiger partial charge in [-0.15, -0.1) is 0 Å². The molecular weight excluding hydrogens is 262 g/mol. The van der Waals surface area contributed by atoms with Crippen molar-refractivity contribution < 1.29 is 4.74 Å². The number of nitrogens with zero attached hydrogens (tertiary/aromatic N) is 1. The maximum absolute atomic E-state index is 5.49. The molecular formula is C17H37N3O. The molecule has 21 heavy (non-hydrogen) atoms. The number of methoxy groups -OCH3 is 1. The van der Waals surface area contributed by atoms with Crippen molar-refractivity contribution in [2.45, 2.75) is 58.6 Å². The molecule has 2 N–H and O–H groups in total. The van der Waals surface area contributed by atoms with E-state index in [1.54, 1.807) is 0 Å². The molecule has 1 aliphatic heterocycles. The van der Waals surface area contributed by atoms with Gasteiger partial charge in [0.15, 0.2) is 0 Å². The van der Waals surface area contributed by atoms with E-state index in [1.807, 2.05) is 7.11 Å². The minimum Gasteiger partial charge on any atom is -0.379 e. The molecule has 0 amide bonds. The summed E-state index contributed by atoms with van der Waals surface area (Å²) >= 11 is 0. The predicted octanol–water partition coefficient (Wildman–Crippen LogP) is 2.10.